The Morgan fingerprint density at radius 1 is 0.281 bits per heavy atom. The molecule has 6 nitrogen and oxygen atoms in total. The van der Waals surface area contributed by atoms with Crippen molar-refractivity contribution < 1.29 is 0 Å². The molecule has 0 atom stereocenters. The zero-order chi connectivity index (χ0) is 42.2. The first-order valence-corrected chi connectivity index (χ1v) is 23.7. The number of rotatable bonds is 7. The average Bonchev–Trinajstić information content (AvgIpc) is 4.02. The van der Waals surface area contributed by atoms with Crippen molar-refractivity contribution in [2.75, 3.05) is 0 Å². The van der Waals surface area contributed by atoms with Gasteiger partial charge in [0.05, 0.1) is 22.1 Å². The van der Waals surface area contributed by atoms with Gasteiger partial charge in [-0.25, -0.2) is 0 Å². The van der Waals surface area contributed by atoms with Crippen molar-refractivity contribution in [2.45, 2.75) is 0 Å². The summed E-state index contributed by atoms with van der Waals surface area (Å²) >= 11 is 0. The molecule has 0 fully saturated rings. The molecule has 0 unspecified atom stereocenters. The van der Waals surface area contributed by atoms with Gasteiger partial charge in [0.15, 0.2) is 5.82 Å². The fourth-order valence-corrected chi connectivity index (χ4v) is 15.3. The lowest BCUT2D eigenvalue weighted by atomic mass is 10.1. The maximum atomic E-state index is 5.55. The summed E-state index contributed by atoms with van der Waals surface area (Å²) in [6.45, 7) is 0. The number of benzene rings is 9. The highest BCUT2D eigenvalue weighted by Crippen LogP contribution is 2.39. The predicted molar refractivity (Wildman–Crippen MR) is 266 cm³/mol. The van der Waals surface area contributed by atoms with Crippen molar-refractivity contribution in [3.8, 4) is 23.3 Å². The van der Waals surface area contributed by atoms with Gasteiger partial charge < -0.3 is 4.23 Å². The topological polar surface area (TPSA) is 53.5 Å². The van der Waals surface area contributed by atoms with Crippen LogP contribution in [0.4, 0.5) is 0 Å². The lowest BCUT2D eigenvalue weighted by Crippen LogP contribution is -2.72. The molecule has 4 aromatic heterocycles. The SMILES string of the molecule is c1ccc([Si](c2ccccc2)(c2ccccc2)n2c3ccccc3c3c(-c4nc(-n5c6ccccc6c6ccccc65)nc(-n5c6ccccc6c6ccccc65)n4)cccc32)cc1. The first kappa shape index (κ1) is 36.3. The second kappa shape index (κ2) is 14.3. The van der Waals surface area contributed by atoms with Crippen LogP contribution in [0.5, 0.6) is 0 Å². The maximum Gasteiger partial charge on any atom is 0.257 e. The summed E-state index contributed by atoms with van der Waals surface area (Å²) in [5.41, 5.74) is 7.37. The summed E-state index contributed by atoms with van der Waals surface area (Å²) in [5.74, 6) is 1.71. The first-order chi connectivity index (χ1) is 31.8. The number of para-hydroxylation sites is 5. The van der Waals surface area contributed by atoms with E-state index in [2.05, 4.69) is 244 Å². The number of fused-ring (bicyclic) bond motifs is 9. The van der Waals surface area contributed by atoms with Gasteiger partial charge in [0.25, 0.3) is 8.24 Å². The number of aromatic nitrogens is 6. The molecular weight excluding hydrogens is 797 g/mol. The van der Waals surface area contributed by atoms with Crippen LogP contribution in [0.1, 0.15) is 0 Å². The lowest BCUT2D eigenvalue weighted by Gasteiger charge is -2.36. The molecule has 4 heterocycles. The Morgan fingerprint density at radius 2 is 0.625 bits per heavy atom. The van der Waals surface area contributed by atoms with E-state index < -0.39 is 8.24 Å². The fourth-order valence-electron chi connectivity index (χ4n) is 10.4. The third kappa shape index (κ3) is 5.22. The number of hydrogen-bond donors (Lipinski definition) is 0. The fraction of sp³-hybridized carbons (Fsp3) is 0. The van der Waals surface area contributed by atoms with Crippen molar-refractivity contribution >= 4 is 89.2 Å². The molecule has 0 N–H and O–H groups in total. The van der Waals surface area contributed by atoms with Gasteiger partial charge >= 0.3 is 0 Å². The van der Waals surface area contributed by atoms with E-state index in [9.17, 15) is 0 Å². The molecule has 9 aromatic carbocycles. The first-order valence-electron chi connectivity index (χ1n) is 21.7. The van der Waals surface area contributed by atoms with Crippen LogP contribution in [0.3, 0.4) is 0 Å². The molecule has 13 rings (SSSR count). The molecule has 0 aliphatic heterocycles. The van der Waals surface area contributed by atoms with E-state index in [-0.39, 0.29) is 0 Å². The van der Waals surface area contributed by atoms with Crippen molar-refractivity contribution in [1.82, 2.24) is 28.3 Å². The minimum atomic E-state index is -3.08. The van der Waals surface area contributed by atoms with Gasteiger partial charge in [0.2, 0.25) is 11.9 Å². The molecular formula is C57H38N6Si. The van der Waals surface area contributed by atoms with Crippen LogP contribution >= 0.6 is 0 Å². The Balaban J connectivity index is 1.18. The normalized spacial score (nSPS) is 12.1. The van der Waals surface area contributed by atoms with Crippen LogP contribution in [0.15, 0.2) is 231 Å². The van der Waals surface area contributed by atoms with Crippen molar-refractivity contribution in [3.05, 3.63) is 231 Å². The monoisotopic (exact) mass is 834 g/mol. The van der Waals surface area contributed by atoms with Gasteiger partial charge in [-0.1, -0.05) is 194 Å². The Bertz CT molecular complexity index is 3570. The summed E-state index contributed by atoms with van der Waals surface area (Å²) in [4.78, 5) is 16.6. The molecule has 0 radical (unpaired) electrons. The Morgan fingerprint density at radius 3 is 1.05 bits per heavy atom. The highest BCUT2D eigenvalue weighted by atomic mass is 28.3. The number of nitrogens with zero attached hydrogens (tertiary/aromatic N) is 6. The van der Waals surface area contributed by atoms with Gasteiger partial charge in [0, 0.05) is 48.9 Å². The van der Waals surface area contributed by atoms with E-state index in [4.69, 9.17) is 15.0 Å². The van der Waals surface area contributed by atoms with Gasteiger partial charge in [-0.3, -0.25) is 9.13 Å². The Labute approximate surface area is 369 Å². The van der Waals surface area contributed by atoms with E-state index in [1.165, 1.54) is 15.6 Å². The summed E-state index contributed by atoms with van der Waals surface area (Å²) in [5, 5.41) is 10.7. The minimum absolute atomic E-state index is 0.557. The van der Waals surface area contributed by atoms with E-state index in [0.29, 0.717) is 17.7 Å². The average molecular weight is 835 g/mol. The molecule has 0 saturated heterocycles. The molecule has 300 valence electrons. The summed E-state index contributed by atoms with van der Waals surface area (Å²) in [7, 11) is -3.08. The van der Waals surface area contributed by atoms with Gasteiger partial charge in [0.1, 0.15) is 0 Å². The van der Waals surface area contributed by atoms with Crippen LogP contribution in [0, 0.1) is 0 Å². The second-order valence-electron chi connectivity index (χ2n) is 16.4. The van der Waals surface area contributed by atoms with Crippen molar-refractivity contribution in [3.63, 3.8) is 0 Å². The lowest BCUT2D eigenvalue weighted by molar-refractivity contribution is 0.893. The van der Waals surface area contributed by atoms with E-state index in [1.54, 1.807) is 0 Å². The van der Waals surface area contributed by atoms with Crippen LogP contribution in [0.25, 0.3) is 88.7 Å². The standard InChI is InChI=1S/C57H38N6Si/c1-4-21-39(22-5-1)64(40-23-6-2-7-24-40,41-25-8-3-9-26-41)63-52-37-19-14-31-46(52)54-47(32-20-38-53(54)63)55-58-56(61-48-33-15-10-27-42(48)43-28-11-16-34-49(43)61)60-57(59-55)62-50-35-17-12-29-44(50)45-30-13-18-36-51(45)62/h1-38H. The molecule has 0 amide bonds. The van der Waals surface area contributed by atoms with Gasteiger partial charge in [-0.05, 0) is 52.0 Å². The predicted octanol–water partition coefficient (Wildman–Crippen LogP) is 11.4. The molecule has 0 bridgehead atoms. The summed E-state index contributed by atoms with van der Waals surface area (Å²) in [6, 6.07) is 83.0. The summed E-state index contributed by atoms with van der Waals surface area (Å²) < 4.78 is 7.09. The Hall–Kier alpha value is -8.39. The molecule has 0 aliphatic rings. The largest absolute Gasteiger partial charge is 0.355 e. The highest BCUT2D eigenvalue weighted by molar-refractivity contribution is 7.11. The quantitative estimate of drug-likeness (QED) is 0.119. The third-order valence-corrected chi connectivity index (χ3v) is 17.7. The van der Waals surface area contributed by atoms with Crippen LogP contribution in [-0.4, -0.2) is 36.6 Å². The van der Waals surface area contributed by atoms with Crippen molar-refractivity contribution in [2.24, 2.45) is 0 Å². The molecule has 13 aromatic rings. The highest BCUT2D eigenvalue weighted by Gasteiger charge is 2.44. The summed E-state index contributed by atoms with van der Waals surface area (Å²) in [6.07, 6.45) is 0. The molecule has 7 heteroatoms. The van der Waals surface area contributed by atoms with Gasteiger partial charge in [-0.15, -0.1) is 0 Å². The van der Waals surface area contributed by atoms with Crippen LogP contribution < -0.4 is 15.6 Å². The minimum Gasteiger partial charge on any atom is -0.355 e. The maximum absolute atomic E-state index is 5.55. The van der Waals surface area contributed by atoms with Crippen molar-refractivity contribution in [1.29, 1.82) is 0 Å². The zero-order valence-electron chi connectivity index (χ0n) is 34.6. The molecule has 0 saturated carbocycles. The second-order valence-corrected chi connectivity index (χ2v) is 20.0. The Kier molecular flexibility index (Phi) is 8.13. The zero-order valence-corrected chi connectivity index (χ0v) is 35.6. The smallest absolute Gasteiger partial charge is 0.257 e. The van der Waals surface area contributed by atoms with E-state index >= 15 is 0 Å². The van der Waals surface area contributed by atoms with Gasteiger partial charge in [-0.2, -0.15) is 15.0 Å². The molecule has 0 spiro atoms. The molecule has 0 aliphatic carbocycles. The third-order valence-electron chi connectivity index (χ3n) is 13.0. The van der Waals surface area contributed by atoms with Crippen LogP contribution in [0.2, 0.25) is 0 Å². The number of hydrogen-bond acceptors (Lipinski definition) is 3. The van der Waals surface area contributed by atoms with E-state index in [0.717, 1.165) is 71.0 Å². The molecule has 64 heavy (non-hydrogen) atoms. The van der Waals surface area contributed by atoms with Crippen LogP contribution in [-0.2, 0) is 0 Å². The van der Waals surface area contributed by atoms with E-state index in [1.807, 2.05) is 0 Å².